The van der Waals surface area contributed by atoms with Gasteiger partial charge in [-0.1, -0.05) is 0 Å². The van der Waals surface area contributed by atoms with Gasteiger partial charge in [-0.3, -0.25) is 0 Å². The summed E-state index contributed by atoms with van der Waals surface area (Å²) in [5, 5.41) is 3.31. The van der Waals surface area contributed by atoms with Crippen LogP contribution in [0.5, 0.6) is 17.2 Å². The lowest BCUT2D eigenvalue weighted by Gasteiger charge is -2.22. The van der Waals surface area contributed by atoms with Gasteiger partial charge in [0.25, 0.3) is 0 Å². The molecule has 8 heteroatoms. The number of nitrogens with one attached hydrogen (secondary N) is 1. The standard InChI is InChI=1S/C19H29N3O4.HI/c1-3-20-19(22(2)9-11-23-13-15-4-5-15)21-8-10-24-16-6-7-17-18(12-16)26-14-25-17;/h6-7,12,15H,3-5,8-11,13-14H2,1-2H3,(H,20,21);1H. The molecule has 0 aromatic heterocycles. The Morgan fingerprint density at radius 1 is 1.26 bits per heavy atom. The Morgan fingerprint density at radius 2 is 2.07 bits per heavy atom. The van der Waals surface area contributed by atoms with Gasteiger partial charge in [-0.2, -0.15) is 0 Å². The summed E-state index contributed by atoms with van der Waals surface area (Å²) in [6.45, 7) is 6.68. The van der Waals surface area contributed by atoms with Crippen LogP contribution in [0.1, 0.15) is 19.8 Å². The number of hydrogen-bond acceptors (Lipinski definition) is 5. The van der Waals surface area contributed by atoms with Crippen molar-refractivity contribution in [3.63, 3.8) is 0 Å². The predicted octanol–water partition coefficient (Wildman–Crippen LogP) is 2.74. The summed E-state index contributed by atoms with van der Waals surface area (Å²) in [5.41, 5.74) is 0. The van der Waals surface area contributed by atoms with Crippen molar-refractivity contribution in [2.75, 3.05) is 53.3 Å². The van der Waals surface area contributed by atoms with Crippen molar-refractivity contribution in [2.24, 2.45) is 10.9 Å². The third kappa shape index (κ3) is 7.25. The Labute approximate surface area is 178 Å². The van der Waals surface area contributed by atoms with Gasteiger partial charge in [0.2, 0.25) is 6.79 Å². The molecule has 152 valence electrons. The van der Waals surface area contributed by atoms with Crippen molar-refractivity contribution in [2.45, 2.75) is 19.8 Å². The normalized spacial score (nSPS) is 15.3. The van der Waals surface area contributed by atoms with Crippen LogP contribution in [0.2, 0.25) is 0 Å². The number of ether oxygens (including phenoxy) is 4. The van der Waals surface area contributed by atoms with Gasteiger partial charge >= 0.3 is 0 Å². The summed E-state index contributed by atoms with van der Waals surface area (Å²) < 4.78 is 22.1. The van der Waals surface area contributed by atoms with Gasteiger partial charge in [0, 0.05) is 32.8 Å². The minimum atomic E-state index is 0. The maximum absolute atomic E-state index is 5.76. The molecule has 1 N–H and O–H groups in total. The second-order valence-corrected chi connectivity index (χ2v) is 6.54. The van der Waals surface area contributed by atoms with E-state index in [2.05, 4.69) is 22.1 Å². The molecule has 2 aliphatic rings. The topological polar surface area (TPSA) is 64.6 Å². The molecule has 1 fully saturated rings. The summed E-state index contributed by atoms with van der Waals surface area (Å²) in [5.74, 6) is 3.92. The molecule has 27 heavy (non-hydrogen) atoms. The molecular weight excluding hydrogens is 461 g/mol. The fraction of sp³-hybridized carbons (Fsp3) is 0.632. The van der Waals surface area contributed by atoms with Crippen molar-refractivity contribution in [1.82, 2.24) is 10.2 Å². The van der Waals surface area contributed by atoms with Gasteiger partial charge in [0.05, 0.1) is 13.2 Å². The van der Waals surface area contributed by atoms with Crippen LogP contribution in [0, 0.1) is 5.92 Å². The van der Waals surface area contributed by atoms with E-state index in [1.807, 2.05) is 25.2 Å². The monoisotopic (exact) mass is 491 g/mol. The summed E-state index contributed by atoms with van der Waals surface area (Å²) in [6.07, 6.45) is 2.65. The number of fused-ring (bicyclic) bond motifs is 1. The van der Waals surface area contributed by atoms with Crippen LogP contribution >= 0.6 is 24.0 Å². The minimum absolute atomic E-state index is 0. The Kier molecular flexibility index (Phi) is 9.26. The fourth-order valence-corrected chi connectivity index (χ4v) is 2.59. The molecule has 0 unspecified atom stereocenters. The summed E-state index contributed by atoms with van der Waals surface area (Å²) in [7, 11) is 2.03. The zero-order valence-electron chi connectivity index (χ0n) is 16.1. The van der Waals surface area contributed by atoms with E-state index in [1.54, 1.807) is 0 Å². The lowest BCUT2D eigenvalue weighted by atomic mass is 10.3. The van der Waals surface area contributed by atoms with Crippen molar-refractivity contribution in [3.05, 3.63) is 18.2 Å². The molecule has 0 spiro atoms. The highest BCUT2D eigenvalue weighted by molar-refractivity contribution is 14.0. The molecule has 1 aromatic carbocycles. The number of aliphatic imine (C=N–C) groups is 1. The quantitative estimate of drug-likeness (QED) is 0.235. The van der Waals surface area contributed by atoms with Crippen LogP contribution in [0.15, 0.2) is 23.2 Å². The smallest absolute Gasteiger partial charge is 0.231 e. The highest BCUT2D eigenvalue weighted by atomic mass is 127. The van der Waals surface area contributed by atoms with Crippen LogP contribution < -0.4 is 19.5 Å². The molecule has 0 bridgehead atoms. The maximum atomic E-state index is 5.76. The number of nitrogens with zero attached hydrogens (tertiary/aromatic N) is 2. The van der Waals surface area contributed by atoms with Crippen molar-refractivity contribution >= 4 is 29.9 Å². The Bertz CT molecular complexity index is 611. The van der Waals surface area contributed by atoms with Crippen LogP contribution in [0.25, 0.3) is 0 Å². The Morgan fingerprint density at radius 3 is 2.85 bits per heavy atom. The average molecular weight is 491 g/mol. The van der Waals surface area contributed by atoms with E-state index in [-0.39, 0.29) is 30.8 Å². The fourth-order valence-electron chi connectivity index (χ4n) is 2.59. The molecule has 7 nitrogen and oxygen atoms in total. The minimum Gasteiger partial charge on any atom is -0.492 e. The first kappa shape index (κ1) is 21.9. The molecular formula is C19H30IN3O4. The highest BCUT2D eigenvalue weighted by Gasteiger charge is 2.21. The van der Waals surface area contributed by atoms with Gasteiger partial charge in [-0.15, -0.1) is 24.0 Å². The second kappa shape index (κ2) is 11.4. The molecule has 0 amide bonds. The van der Waals surface area contributed by atoms with E-state index in [0.29, 0.717) is 13.2 Å². The van der Waals surface area contributed by atoms with Crippen LogP contribution in [-0.2, 0) is 4.74 Å². The highest BCUT2D eigenvalue weighted by Crippen LogP contribution is 2.35. The first-order valence-corrected chi connectivity index (χ1v) is 9.36. The second-order valence-electron chi connectivity index (χ2n) is 6.54. The van der Waals surface area contributed by atoms with E-state index in [0.717, 1.165) is 55.4 Å². The zero-order valence-corrected chi connectivity index (χ0v) is 18.4. The SMILES string of the molecule is CCNC(=NCCOc1ccc2c(c1)OCO2)N(C)CCOCC1CC1.I. The average Bonchev–Trinajstić information content (AvgIpc) is 3.36. The maximum Gasteiger partial charge on any atom is 0.231 e. The molecule has 1 aliphatic heterocycles. The van der Waals surface area contributed by atoms with Crippen molar-refractivity contribution < 1.29 is 18.9 Å². The molecule has 0 atom stereocenters. The molecule has 1 aromatic rings. The van der Waals surface area contributed by atoms with Gasteiger partial charge in [-0.25, -0.2) is 4.99 Å². The van der Waals surface area contributed by atoms with Crippen molar-refractivity contribution in [1.29, 1.82) is 0 Å². The largest absolute Gasteiger partial charge is 0.492 e. The van der Waals surface area contributed by atoms with E-state index < -0.39 is 0 Å². The number of halogens is 1. The zero-order chi connectivity index (χ0) is 18.2. The number of benzene rings is 1. The van der Waals surface area contributed by atoms with E-state index in [1.165, 1.54) is 12.8 Å². The van der Waals surface area contributed by atoms with Crippen molar-refractivity contribution in [3.8, 4) is 17.2 Å². The molecule has 0 radical (unpaired) electrons. The number of guanidine groups is 1. The number of hydrogen-bond donors (Lipinski definition) is 1. The van der Waals surface area contributed by atoms with Crippen LogP contribution in [-0.4, -0.2) is 64.2 Å². The third-order valence-corrected chi connectivity index (χ3v) is 4.28. The summed E-state index contributed by atoms with van der Waals surface area (Å²) >= 11 is 0. The summed E-state index contributed by atoms with van der Waals surface area (Å²) in [4.78, 5) is 6.72. The summed E-state index contributed by atoms with van der Waals surface area (Å²) in [6, 6.07) is 5.59. The van der Waals surface area contributed by atoms with Gasteiger partial charge in [0.1, 0.15) is 12.4 Å². The van der Waals surface area contributed by atoms with E-state index in [9.17, 15) is 0 Å². The molecule has 3 rings (SSSR count). The lowest BCUT2D eigenvalue weighted by molar-refractivity contribution is 0.115. The first-order chi connectivity index (χ1) is 12.8. The van der Waals surface area contributed by atoms with E-state index in [4.69, 9.17) is 18.9 Å². The number of likely N-dealkylation sites (N-methyl/N-ethyl adjacent to an activating group) is 1. The molecule has 1 heterocycles. The van der Waals surface area contributed by atoms with Gasteiger partial charge in [-0.05, 0) is 37.8 Å². The van der Waals surface area contributed by atoms with Gasteiger partial charge in [0.15, 0.2) is 17.5 Å². The lowest BCUT2D eigenvalue weighted by Crippen LogP contribution is -2.40. The van der Waals surface area contributed by atoms with Crippen LogP contribution in [0.3, 0.4) is 0 Å². The third-order valence-electron chi connectivity index (χ3n) is 4.28. The molecule has 1 aliphatic carbocycles. The van der Waals surface area contributed by atoms with Crippen LogP contribution in [0.4, 0.5) is 0 Å². The first-order valence-electron chi connectivity index (χ1n) is 9.36. The number of rotatable bonds is 10. The molecule has 1 saturated carbocycles. The Hall–Kier alpha value is -1.42. The Balaban J connectivity index is 0.00000261. The van der Waals surface area contributed by atoms with Gasteiger partial charge < -0.3 is 29.2 Å². The predicted molar refractivity (Wildman–Crippen MR) is 116 cm³/mol. The molecule has 0 saturated heterocycles. The van der Waals surface area contributed by atoms with E-state index >= 15 is 0 Å².